The second-order valence-electron chi connectivity index (χ2n) is 2.43. The number of carboxylic acid groups (broad SMARTS) is 1. The molecule has 0 spiro atoms. The Kier molecular flexibility index (Phi) is 5.37. The van der Waals surface area contributed by atoms with E-state index in [0.29, 0.717) is 0 Å². The van der Waals surface area contributed by atoms with Gasteiger partial charge in [-0.1, -0.05) is 18.2 Å². The van der Waals surface area contributed by atoms with Gasteiger partial charge in [-0.3, -0.25) is 10.1 Å². The fourth-order valence-corrected chi connectivity index (χ4v) is 0.994. The quantitative estimate of drug-likeness (QED) is 0.296. The average Bonchev–Trinajstić information content (AvgIpc) is 2.03. The molecule has 0 radical (unpaired) electrons. The minimum atomic E-state index is -1.32. The van der Waals surface area contributed by atoms with E-state index in [4.69, 9.17) is 0 Å². The number of aliphatic carboxylic acids is 1. The van der Waals surface area contributed by atoms with Crippen LogP contribution in [-0.4, -0.2) is 10.9 Å². The zero-order valence-corrected chi connectivity index (χ0v) is 9.60. The summed E-state index contributed by atoms with van der Waals surface area (Å²) in [5, 5.41) is 20.6. The van der Waals surface area contributed by atoms with Gasteiger partial charge in [-0.2, -0.15) is 0 Å². The SMILES string of the molecule is O=C([O-])Cc1ccccc1[N+](=O)[O-].[Na+]. The predicted octanol–water partition coefficient (Wildman–Crippen LogP) is -3.11. The van der Waals surface area contributed by atoms with Crippen molar-refractivity contribution in [1.82, 2.24) is 0 Å². The molecule has 0 aliphatic carbocycles. The zero-order chi connectivity index (χ0) is 9.84. The van der Waals surface area contributed by atoms with E-state index in [9.17, 15) is 20.0 Å². The molecule has 0 atom stereocenters. The molecule has 68 valence electrons. The Bertz CT molecular complexity index is 353. The molecule has 0 amide bonds. The Morgan fingerprint density at radius 2 is 1.93 bits per heavy atom. The van der Waals surface area contributed by atoms with E-state index in [1.807, 2.05) is 0 Å². The number of carboxylic acids is 1. The third-order valence-electron chi connectivity index (χ3n) is 1.52. The molecule has 1 rings (SSSR count). The van der Waals surface area contributed by atoms with Crippen molar-refractivity contribution in [3.05, 3.63) is 39.9 Å². The van der Waals surface area contributed by atoms with E-state index in [2.05, 4.69) is 0 Å². The topological polar surface area (TPSA) is 83.3 Å². The van der Waals surface area contributed by atoms with Crippen LogP contribution in [0.1, 0.15) is 5.56 Å². The molecule has 6 heteroatoms. The fourth-order valence-electron chi connectivity index (χ4n) is 0.994. The summed E-state index contributed by atoms with van der Waals surface area (Å²) in [5.41, 5.74) is -0.0285. The molecule has 0 unspecified atom stereocenters. The van der Waals surface area contributed by atoms with E-state index >= 15 is 0 Å². The number of nitro groups is 1. The van der Waals surface area contributed by atoms with E-state index in [1.54, 1.807) is 6.07 Å². The average molecular weight is 203 g/mol. The maximum Gasteiger partial charge on any atom is 1.00 e. The molecule has 0 N–H and O–H groups in total. The van der Waals surface area contributed by atoms with Crippen LogP contribution in [0.4, 0.5) is 5.69 Å². The second kappa shape index (κ2) is 5.74. The van der Waals surface area contributed by atoms with Crippen molar-refractivity contribution in [3.8, 4) is 0 Å². The summed E-state index contributed by atoms with van der Waals surface area (Å²) >= 11 is 0. The summed E-state index contributed by atoms with van der Waals surface area (Å²) in [5.74, 6) is -1.32. The number of hydrogen-bond acceptors (Lipinski definition) is 4. The van der Waals surface area contributed by atoms with Gasteiger partial charge in [0.25, 0.3) is 5.69 Å². The summed E-state index contributed by atoms with van der Waals surface area (Å²) in [6.45, 7) is 0. The molecule has 0 aromatic heterocycles. The molecule has 5 nitrogen and oxygen atoms in total. The van der Waals surface area contributed by atoms with Crippen LogP contribution in [0, 0.1) is 10.1 Å². The van der Waals surface area contributed by atoms with Crippen molar-refractivity contribution in [2.75, 3.05) is 0 Å². The number of carbonyl (C=O) groups is 1. The molecule has 14 heavy (non-hydrogen) atoms. The van der Waals surface area contributed by atoms with Gasteiger partial charge in [0, 0.05) is 24.0 Å². The summed E-state index contributed by atoms with van der Waals surface area (Å²) in [7, 11) is 0. The molecule has 0 aliphatic rings. The Morgan fingerprint density at radius 3 is 2.43 bits per heavy atom. The van der Waals surface area contributed by atoms with Gasteiger partial charge in [0.2, 0.25) is 0 Å². The first-order valence-corrected chi connectivity index (χ1v) is 3.53. The molecular formula is C8H6NNaO4. The normalized spacial score (nSPS) is 8.86. The summed E-state index contributed by atoms with van der Waals surface area (Å²) in [4.78, 5) is 20.0. The number of benzene rings is 1. The van der Waals surface area contributed by atoms with Crippen molar-refractivity contribution in [2.24, 2.45) is 0 Å². The minimum absolute atomic E-state index is 0. The first kappa shape index (κ1) is 13.1. The van der Waals surface area contributed by atoms with E-state index in [-0.39, 0.29) is 40.8 Å². The van der Waals surface area contributed by atoms with Gasteiger partial charge in [-0.15, -0.1) is 0 Å². The monoisotopic (exact) mass is 203 g/mol. The Morgan fingerprint density at radius 1 is 1.36 bits per heavy atom. The molecule has 1 aromatic carbocycles. The third-order valence-corrected chi connectivity index (χ3v) is 1.52. The van der Waals surface area contributed by atoms with Crippen LogP contribution in [0.2, 0.25) is 0 Å². The molecular weight excluding hydrogens is 197 g/mol. The largest absolute Gasteiger partial charge is 1.00 e. The number of carbonyl (C=O) groups excluding carboxylic acids is 1. The van der Waals surface area contributed by atoms with Gasteiger partial charge in [-0.25, -0.2) is 0 Å². The summed E-state index contributed by atoms with van der Waals surface area (Å²) in [6, 6.07) is 5.69. The van der Waals surface area contributed by atoms with Gasteiger partial charge in [0.1, 0.15) is 0 Å². The number of nitro benzene ring substituents is 1. The van der Waals surface area contributed by atoms with E-state index in [0.717, 1.165) is 0 Å². The zero-order valence-electron chi connectivity index (χ0n) is 7.60. The van der Waals surface area contributed by atoms with Crippen molar-refractivity contribution < 1.29 is 44.4 Å². The Hall–Kier alpha value is -0.910. The van der Waals surface area contributed by atoms with E-state index < -0.39 is 17.3 Å². The van der Waals surface area contributed by atoms with Crippen LogP contribution in [-0.2, 0) is 11.2 Å². The summed E-state index contributed by atoms with van der Waals surface area (Å²) < 4.78 is 0. The smallest absolute Gasteiger partial charge is 0.550 e. The maximum atomic E-state index is 10.4. The van der Waals surface area contributed by atoms with Gasteiger partial charge >= 0.3 is 29.6 Å². The number of para-hydroxylation sites is 1. The van der Waals surface area contributed by atoms with Crippen molar-refractivity contribution in [2.45, 2.75) is 6.42 Å². The molecule has 0 fully saturated rings. The van der Waals surface area contributed by atoms with Crippen LogP contribution in [0.3, 0.4) is 0 Å². The Labute approximate surface area is 102 Å². The third kappa shape index (κ3) is 3.45. The maximum absolute atomic E-state index is 10.4. The van der Waals surface area contributed by atoms with Gasteiger partial charge < -0.3 is 9.90 Å². The van der Waals surface area contributed by atoms with E-state index in [1.165, 1.54) is 18.2 Å². The molecule has 0 heterocycles. The van der Waals surface area contributed by atoms with Crippen molar-refractivity contribution in [3.63, 3.8) is 0 Å². The standard InChI is InChI=1S/C8H7NO4.Na/c10-8(11)5-6-3-1-2-4-7(6)9(12)13;/h1-4H,5H2,(H,10,11);/q;+1/p-1. The van der Waals surface area contributed by atoms with Gasteiger partial charge in [-0.05, 0) is 0 Å². The molecule has 1 aromatic rings. The van der Waals surface area contributed by atoms with Crippen LogP contribution in [0.25, 0.3) is 0 Å². The first-order chi connectivity index (χ1) is 6.11. The predicted molar refractivity (Wildman–Crippen MR) is 41.8 cm³/mol. The minimum Gasteiger partial charge on any atom is -0.550 e. The fraction of sp³-hybridized carbons (Fsp3) is 0.125. The molecule has 0 aliphatic heterocycles. The molecule has 0 saturated heterocycles. The first-order valence-electron chi connectivity index (χ1n) is 3.53. The van der Waals surface area contributed by atoms with Crippen LogP contribution < -0.4 is 34.7 Å². The summed E-state index contributed by atoms with van der Waals surface area (Å²) in [6.07, 6.45) is -0.433. The van der Waals surface area contributed by atoms with Crippen molar-refractivity contribution >= 4 is 11.7 Å². The molecule has 0 bridgehead atoms. The van der Waals surface area contributed by atoms with Gasteiger partial charge in [0.05, 0.1) is 4.92 Å². The van der Waals surface area contributed by atoms with Crippen LogP contribution in [0.15, 0.2) is 24.3 Å². The number of nitrogens with zero attached hydrogens (tertiary/aromatic N) is 1. The van der Waals surface area contributed by atoms with Crippen LogP contribution >= 0.6 is 0 Å². The van der Waals surface area contributed by atoms with Crippen molar-refractivity contribution in [1.29, 1.82) is 0 Å². The van der Waals surface area contributed by atoms with Crippen LogP contribution in [0.5, 0.6) is 0 Å². The van der Waals surface area contributed by atoms with Gasteiger partial charge in [0.15, 0.2) is 0 Å². The number of hydrogen-bond donors (Lipinski definition) is 0. The Balaban J connectivity index is 0.00000169. The molecule has 0 saturated carbocycles. The number of rotatable bonds is 3. The second-order valence-corrected chi connectivity index (χ2v) is 2.43.